The minimum Gasteiger partial charge on any atom is -0.508 e. The third kappa shape index (κ3) is 6.94. The first-order chi connectivity index (χ1) is 21.0. The van der Waals surface area contributed by atoms with Crippen molar-refractivity contribution in [1.82, 2.24) is 29.5 Å². The van der Waals surface area contributed by atoms with Crippen molar-refractivity contribution in [2.24, 2.45) is 0 Å². The van der Waals surface area contributed by atoms with E-state index in [-0.39, 0.29) is 17.8 Å². The highest BCUT2D eigenvalue weighted by Crippen LogP contribution is 2.25. The van der Waals surface area contributed by atoms with Gasteiger partial charge in [-0.05, 0) is 36.2 Å². The van der Waals surface area contributed by atoms with E-state index in [4.69, 9.17) is 24.6 Å². The maximum atomic E-state index is 14.1. The molecule has 232 valence electrons. The summed E-state index contributed by atoms with van der Waals surface area (Å²) in [4.78, 5) is 32.3. The first-order valence-corrected chi connectivity index (χ1v) is 13.2. The number of carbonyl (C=O) groups is 1. The molecule has 0 spiro atoms. The third-order valence-electron chi connectivity index (χ3n) is 6.58. The molecule has 4 heterocycles. The zero-order valence-electron chi connectivity index (χ0n) is 22.8. The number of carboxylic acids is 1. The van der Waals surface area contributed by atoms with E-state index in [1.165, 1.54) is 6.07 Å². The van der Waals surface area contributed by atoms with Crippen LogP contribution >= 0.6 is 0 Å². The molecule has 1 aliphatic heterocycles. The van der Waals surface area contributed by atoms with Gasteiger partial charge in [0.2, 0.25) is 5.95 Å². The average Bonchev–Trinajstić information content (AvgIpc) is 3.62. The number of anilines is 2. The van der Waals surface area contributed by atoms with Gasteiger partial charge in [-0.25, -0.2) is 23.5 Å². The van der Waals surface area contributed by atoms with E-state index >= 15 is 0 Å². The van der Waals surface area contributed by atoms with Gasteiger partial charge in [-0.15, -0.1) is 0 Å². The lowest BCUT2D eigenvalue weighted by Crippen LogP contribution is -2.37. The number of aromatic nitrogens is 6. The van der Waals surface area contributed by atoms with Crippen LogP contribution in [0.2, 0.25) is 0 Å². The Labute approximate surface area is 245 Å². The number of rotatable bonds is 7. The smallest absolute Gasteiger partial charge is 0.490 e. The highest BCUT2D eigenvalue weighted by atomic mass is 19.4. The van der Waals surface area contributed by atoms with Crippen LogP contribution in [0.1, 0.15) is 11.4 Å². The van der Waals surface area contributed by atoms with Crippen molar-refractivity contribution < 1.29 is 41.7 Å². The van der Waals surface area contributed by atoms with Crippen molar-refractivity contribution in [2.45, 2.75) is 25.7 Å². The summed E-state index contributed by atoms with van der Waals surface area (Å²) in [6.07, 6.45) is -2.63. The summed E-state index contributed by atoms with van der Waals surface area (Å²) in [5, 5.41) is 19.9. The molecule has 1 fully saturated rings. The fourth-order valence-corrected chi connectivity index (χ4v) is 4.36. The van der Waals surface area contributed by atoms with Gasteiger partial charge >= 0.3 is 12.1 Å². The largest absolute Gasteiger partial charge is 0.508 e. The van der Waals surface area contributed by atoms with E-state index in [0.717, 1.165) is 18.1 Å². The number of halogens is 5. The second-order valence-corrected chi connectivity index (χ2v) is 9.60. The minimum absolute atomic E-state index is 0.0443. The second-order valence-electron chi connectivity index (χ2n) is 9.60. The number of nitrogens with zero attached hydrogens (tertiary/aromatic N) is 6. The number of phenols is 1. The molecule has 6 rings (SSSR count). The fourth-order valence-electron chi connectivity index (χ4n) is 4.36. The van der Waals surface area contributed by atoms with Crippen molar-refractivity contribution >= 4 is 39.9 Å². The second kappa shape index (κ2) is 12.7. The summed E-state index contributed by atoms with van der Waals surface area (Å²) in [7, 11) is 0. The number of carboxylic acid groups (broad SMARTS) is 1. The number of imidazole rings is 2. The van der Waals surface area contributed by atoms with E-state index in [2.05, 4.69) is 25.2 Å². The molecule has 0 amide bonds. The summed E-state index contributed by atoms with van der Waals surface area (Å²) in [6, 6.07) is 9.63. The molecule has 44 heavy (non-hydrogen) atoms. The number of nitrogens with one attached hydrogen (secondary N) is 2. The van der Waals surface area contributed by atoms with Crippen LogP contribution in [0.4, 0.5) is 33.7 Å². The Balaban J connectivity index is 0.000000493. The lowest BCUT2D eigenvalue weighted by molar-refractivity contribution is -0.192. The van der Waals surface area contributed by atoms with Gasteiger partial charge in [0.15, 0.2) is 28.6 Å². The number of hydrogen-bond acceptors (Lipinski definition) is 9. The maximum Gasteiger partial charge on any atom is 0.490 e. The summed E-state index contributed by atoms with van der Waals surface area (Å²) in [5.74, 6) is -2.94. The Morgan fingerprint density at radius 1 is 1.02 bits per heavy atom. The molecule has 0 aliphatic carbocycles. The molecule has 2 aromatic carbocycles. The predicted molar refractivity (Wildman–Crippen MR) is 147 cm³/mol. The van der Waals surface area contributed by atoms with E-state index in [1.807, 2.05) is 16.7 Å². The molecule has 5 aromatic rings. The van der Waals surface area contributed by atoms with Crippen molar-refractivity contribution in [3.63, 3.8) is 0 Å². The van der Waals surface area contributed by atoms with Crippen LogP contribution in [0, 0.1) is 11.6 Å². The van der Waals surface area contributed by atoms with Crippen LogP contribution in [-0.4, -0.2) is 78.1 Å². The Morgan fingerprint density at radius 2 is 1.73 bits per heavy atom. The standard InChI is InChI=1S/C25H24F2N8O2.C2HF3O2/c26-17-5-6-18-21(20(17)27)31-19(30-18)13-28-23-22-24(33-25(32-23)34-9-11-37-12-10-34)35(14-29-22)8-7-15-1-3-16(36)4-2-15;3-2(4,5)1(6)7/h1-6,14,36H,7-13H2,(H,30,31)(H,28,32,33);(H,6,7). The lowest BCUT2D eigenvalue weighted by atomic mass is 10.1. The number of aromatic hydroxyl groups is 1. The molecular weight excluding hydrogens is 595 g/mol. The van der Waals surface area contributed by atoms with E-state index in [0.29, 0.717) is 67.1 Å². The number of ether oxygens (including phenoxy) is 1. The van der Waals surface area contributed by atoms with Crippen LogP contribution in [0.5, 0.6) is 5.75 Å². The van der Waals surface area contributed by atoms with Gasteiger partial charge in [-0.2, -0.15) is 23.1 Å². The zero-order chi connectivity index (χ0) is 31.4. The molecule has 12 nitrogen and oxygen atoms in total. The topological polar surface area (TPSA) is 154 Å². The zero-order valence-corrected chi connectivity index (χ0v) is 22.8. The Hall–Kier alpha value is -5.06. The van der Waals surface area contributed by atoms with Crippen LogP contribution in [-0.2, 0) is 29.0 Å². The van der Waals surface area contributed by atoms with Crippen LogP contribution in [0.15, 0.2) is 42.7 Å². The summed E-state index contributed by atoms with van der Waals surface area (Å²) in [5.41, 5.74) is 2.72. The summed E-state index contributed by atoms with van der Waals surface area (Å²) < 4.78 is 66.9. The molecule has 17 heteroatoms. The SMILES string of the molecule is O=C(O)C(F)(F)F.Oc1ccc(CCn2cnc3c(NCc4nc5c(F)c(F)ccc5[nH]4)nc(N4CCOCC4)nc32)cc1. The molecule has 1 saturated heterocycles. The number of phenolic OH excluding ortho intramolecular Hbond substituents is 1. The number of benzene rings is 2. The number of hydrogen-bond donors (Lipinski definition) is 4. The predicted octanol–water partition coefficient (Wildman–Crippen LogP) is 4.01. The Bertz CT molecular complexity index is 1770. The number of aromatic amines is 1. The summed E-state index contributed by atoms with van der Waals surface area (Å²) >= 11 is 0. The van der Waals surface area contributed by atoms with Gasteiger partial charge in [0, 0.05) is 19.6 Å². The first-order valence-electron chi connectivity index (χ1n) is 13.2. The molecule has 0 atom stereocenters. The quantitative estimate of drug-likeness (QED) is 0.196. The molecule has 0 radical (unpaired) electrons. The first kappa shape index (κ1) is 30.4. The van der Waals surface area contributed by atoms with Gasteiger partial charge in [-0.1, -0.05) is 12.1 Å². The molecule has 0 saturated carbocycles. The number of H-pyrrole nitrogens is 1. The number of aliphatic carboxylic acids is 1. The maximum absolute atomic E-state index is 14.1. The number of aryl methyl sites for hydroxylation is 2. The van der Waals surface area contributed by atoms with Crippen molar-refractivity contribution in [2.75, 3.05) is 36.5 Å². The Morgan fingerprint density at radius 3 is 2.41 bits per heavy atom. The van der Waals surface area contributed by atoms with Crippen molar-refractivity contribution in [3.05, 3.63) is 65.7 Å². The highest BCUT2D eigenvalue weighted by molar-refractivity contribution is 5.84. The van der Waals surface area contributed by atoms with E-state index < -0.39 is 23.8 Å². The van der Waals surface area contributed by atoms with Gasteiger partial charge in [-0.3, -0.25) is 0 Å². The molecule has 1 aliphatic rings. The van der Waals surface area contributed by atoms with Gasteiger partial charge < -0.3 is 34.7 Å². The van der Waals surface area contributed by atoms with Gasteiger partial charge in [0.1, 0.15) is 17.1 Å². The Kier molecular flexibility index (Phi) is 8.75. The third-order valence-corrected chi connectivity index (χ3v) is 6.58. The minimum atomic E-state index is -5.08. The van der Waals surface area contributed by atoms with E-state index in [1.54, 1.807) is 18.5 Å². The van der Waals surface area contributed by atoms with Crippen LogP contribution in [0.3, 0.4) is 0 Å². The van der Waals surface area contributed by atoms with Crippen molar-refractivity contribution in [1.29, 1.82) is 0 Å². The van der Waals surface area contributed by atoms with Gasteiger partial charge in [0.05, 0.1) is 31.6 Å². The number of fused-ring (bicyclic) bond motifs is 2. The lowest BCUT2D eigenvalue weighted by Gasteiger charge is -2.27. The average molecular weight is 621 g/mol. The normalized spacial score (nSPS) is 13.6. The van der Waals surface area contributed by atoms with Gasteiger partial charge in [0.25, 0.3) is 0 Å². The molecule has 3 aromatic heterocycles. The number of morpholine rings is 1. The van der Waals surface area contributed by atoms with E-state index in [9.17, 15) is 27.1 Å². The molecule has 4 N–H and O–H groups in total. The van der Waals surface area contributed by atoms with Crippen LogP contribution < -0.4 is 10.2 Å². The fraction of sp³-hybridized carbons (Fsp3) is 0.296. The van der Waals surface area contributed by atoms with Crippen molar-refractivity contribution in [3.8, 4) is 5.75 Å². The highest BCUT2D eigenvalue weighted by Gasteiger charge is 2.38. The molecule has 0 bridgehead atoms. The summed E-state index contributed by atoms with van der Waals surface area (Å²) in [6.45, 7) is 3.35. The molecular formula is C27H25F5N8O4. The number of alkyl halides is 3. The molecule has 0 unspecified atom stereocenters. The monoisotopic (exact) mass is 620 g/mol. The van der Waals surface area contributed by atoms with Crippen LogP contribution in [0.25, 0.3) is 22.2 Å².